The van der Waals surface area contributed by atoms with Crippen LogP contribution in [0.25, 0.3) is 0 Å². The molecule has 3 nitrogen and oxygen atoms in total. The Kier molecular flexibility index (Phi) is 4.12. The molecule has 0 saturated heterocycles. The van der Waals surface area contributed by atoms with E-state index in [1.54, 1.807) is 18.0 Å². The average molecular weight is 228 g/mol. The molecule has 0 radical (unpaired) electrons. The van der Waals surface area contributed by atoms with Crippen LogP contribution >= 0.6 is 11.6 Å². The van der Waals surface area contributed by atoms with E-state index in [0.29, 0.717) is 5.02 Å². The predicted molar refractivity (Wildman–Crippen MR) is 60.1 cm³/mol. The number of aliphatic carboxylic acids is 1. The van der Waals surface area contributed by atoms with Crippen LogP contribution in [0.5, 0.6) is 0 Å². The first-order chi connectivity index (χ1) is 7.00. The van der Waals surface area contributed by atoms with Crippen molar-refractivity contribution in [2.24, 2.45) is 0 Å². The second-order valence-electron chi connectivity index (χ2n) is 3.54. The first-order valence-corrected chi connectivity index (χ1v) is 5.06. The highest BCUT2D eigenvalue weighted by molar-refractivity contribution is 6.30. The van der Waals surface area contributed by atoms with Gasteiger partial charge in [0.25, 0.3) is 0 Å². The Hall–Kier alpha value is -1.06. The van der Waals surface area contributed by atoms with Crippen LogP contribution in [0.15, 0.2) is 24.3 Å². The van der Waals surface area contributed by atoms with Gasteiger partial charge < -0.3 is 5.11 Å². The minimum Gasteiger partial charge on any atom is -0.480 e. The molecule has 0 spiro atoms. The zero-order valence-corrected chi connectivity index (χ0v) is 9.53. The smallest absolute Gasteiger partial charge is 0.317 e. The van der Waals surface area contributed by atoms with Crippen molar-refractivity contribution in [1.82, 2.24) is 4.90 Å². The molecule has 15 heavy (non-hydrogen) atoms. The van der Waals surface area contributed by atoms with Gasteiger partial charge in [0.05, 0.1) is 6.54 Å². The molecular weight excluding hydrogens is 214 g/mol. The fourth-order valence-electron chi connectivity index (χ4n) is 1.37. The fraction of sp³-hybridized carbons (Fsp3) is 0.364. The predicted octanol–water partition coefficient (Wildman–Crippen LogP) is 2.42. The Bertz CT molecular complexity index is 354. The molecule has 0 heterocycles. The molecule has 0 amide bonds. The van der Waals surface area contributed by atoms with Gasteiger partial charge in [-0.1, -0.05) is 23.7 Å². The summed E-state index contributed by atoms with van der Waals surface area (Å²) in [5, 5.41) is 9.34. The van der Waals surface area contributed by atoms with Crippen LogP contribution < -0.4 is 0 Å². The van der Waals surface area contributed by atoms with Crippen molar-refractivity contribution in [3.05, 3.63) is 34.9 Å². The second kappa shape index (κ2) is 5.14. The molecule has 0 fully saturated rings. The standard InChI is InChI=1S/C11H14ClNO2/c1-8(13(2)7-11(14)15)9-4-3-5-10(12)6-9/h3-6,8H,7H2,1-2H3,(H,14,15)/t8-/m1/s1. The van der Waals surface area contributed by atoms with Gasteiger partial charge in [0.1, 0.15) is 0 Å². The number of carboxylic acid groups (broad SMARTS) is 1. The zero-order chi connectivity index (χ0) is 11.4. The van der Waals surface area contributed by atoms with E-state index in [-0.39, 0.29) is 12.6 Å². The number of hydrogen-bond acceptors (Lipinski definition) is 2. The Morgan fingerprint density at radius 2 is 2.27 bits per heavy atom. The van der Waals surface area contributed by atoms with Gasteiger partial charge in [-0.25, -0.2) is 0 Å². The van der Waals surface area contributed by atoms with Crippen LogP contribution in [0.1, 0.15) is 18.5 Å². The van der Waals surface area contributed by atoms with Gasteiger partial charge in [-0.15, -0.1) is 0 Å². The van der Waals surface area contributed by atoms with Crippen molar-refractivity contribution >= 4 is 17.6 Å². The van der Waals surface area contributed by atoms with Crippen molar-refractivity contribution in [3.63, 3.8) is 0 Å². The third-order valence-corrected chi connectivity index (χ3v) is 2.61. The molecule has 0 saturated carbocycles. The van der Waals surface area contributed by atoms with Crippen molar-refractivity contribution in [2.45, 2.75) is 13.0 Å². The summed E-state index contributed by atoms with van der Waals surface area (Å²) in [6, 6.07) is 7.50. The molecule has 0 aliphatic carbocycles. The minimum atomic E-state index is -0.827. The van der Waals surface area contributed by atoms with Crippen LogP contribution in [0.3, 0.4) is 0 Å². The number of carbonyl (C=O) groups is 1. The van der Waals surface area contributed by atoms with Gasteiger partial charge in [0.15, 0.2) is 0 Å². The SMILES string of the molecule is C[C@H](c1cccc(Cl)c1)N(C)CC(=O)O. The quantitative estimate of drug-likeness (QED) is 0.859. The van der Waals surface area contributed by atoms with E-state index in [4.69, 9.17) is 16.7 Å². The lowest BCUT2D eigenvalue weighted by atomic mass is 10.1. The Morgan fingerprint density at radius 3 is 2.80 bits per heavy atom. The van der Waals surface area contributed by atoms with E-state index in [2.05, 4.69) is 0 Å². The highest BCUT2D eigenvalue weighted by Gasteiger charge is 2.14. The summed E-state index contributed by atoms with van der Waals surface area (Å²) in [6.45, 7) is 1.97. The normalized spacial score (nSPS) is 12.8. The van der Waals surface area contributed by atoms with Crippen molar-refractivity contribution in [2.75, 3.05) is 13.6 Å². The molecule has 0 aromatic heterocycles. The summed E-state index contributed by atoms with van der Waals surface area (Å²) in [5.41, 5.74) is 1.02. The molecule has 82 valence electrons. The number of benzene rings is 1. The number of hydrogen-bond donors (Lipinski definition) is 1. The van der Waals surface area contributed by atoms with Crippen LogP contribution in [0.2, 0.25) is 5.02 Å². The van der Waals surface area contributed by atoms with Gasteiger partial charge in [0.2, 0.25) is 0 Å². The van der Waals surface area contributed by atoms with Crippen LogP contribution in [0, 0.1) is 0 Å². The first kappa shape index (κ1) is 12.0. The summed E-state index contributed by atoms with van der Waals surface area (Å²) in [5.74, 6) is -0.827. The molecule has 1 aromatic rings. The van der Waals surface area contributed by atoms with Gasteiger partial charge >= 0.3 is 5.97 Å². The Labute approximate surface area is 94.3 Å². The zero-order valence-electron chi connectivity index (χ0n) is 8.77. The Morgan fingerprint density at radius 1 is 1.60 bits per heavy atom. The van der Waals surface area contributed by atoms with Crippen molar-refractivity contribution in [1.29, 1.82) is 0 Å². The summed E-state index contributed by atoms with van der Waals surface area (Å²) >= 11 is 5.86. The third-order valence-electron chi connectivity index (χ3n) is 2.38. The number of likely N-dealkylation sites (N-methyl/N-ethyl adjacent to an activating group) is 1. The lowest BCUT2D eigenvalue weighted by Crippen LogP contribution is -2.28. The average Bonchev–Trinajstić information content (AvgIpc) is 2.15. The van der Waals surface area contributed by atoms with E-state index < -0.39 is 5.97 Å². The monoisotopic (exact) mass is 227 g/mol. The van der Waals surface area contributed by atoms with E-state index in [0.717, 1.165) is 5.56 Å². The molecule has 4 heteroatoms. The summed E-state index contributed by atoms with van der Waals surface area (Å²) in [6.07, 6.45) is 0. The minimum absolute atomic E-state index is 0.0215. The fourth-order valence-corrected chi connectivity index (χ4v) is 1.57. The first-order valence-electron chi connectivity index (χ1n) is 4.68. The second-order valence-corrected chi connectivity index (χ2v) is 3.98. The molecule has 0 aliphatic heterocycles. The number of nitrogens with zero attached hydrogens (tertiary/aromatic N) is 1. The van der Waals surface area contributed by atoms with E-state index in [1.807, 2.05) is 25.1 Å². The molecule has 1 atom stereocenters. The van der Waals surface area contributed by atoms with Gasteiger partial charge in [-0.05, 0) is 31.7 Å². The highest BCUT2D eigenvalue weighted by Crippen LogP contribution is 2.21. The molecule has 1 rings (SSSR count). The molecule has 1 N–H and O–H groups in total. The van der Waals surface area contributed by atoms with Crippen molar-refractivity contribution < 1.29 is 9.90 Å². The van der Waals surface area contributed by atoms with Gasteiger partial charge in [-0.3, -0.25) is 9.69 Å². The van der Waals surface area contributed by atoms with Crippen LogP contribution in [-0.2, 0) is 4.79 Å². The lowest BCUT2D eigenvalue weighted by molar-refractivity contribution is -0.138. The van der Waals surface area contributed by atoms with E-state index in [1.165, 1.54) is 0 Å². The summed E-state index contributed by atoms with van der Waals surface area (Å²) in [7, 11) is 1.78. The van der Waals surface area contributed by atoms with E-state index in [9.17, 15) is 4.79 Å². The van der Waals surface area contributed by atoms with Gasteiger partial charge in [-0.2, -0.15) is 0 Å². The maximum Gasteiger partial charge on any atom is 0.317 e. The molecule has 0 aliphatic rings. The molecule has 0 bridgehead atoms. The topological polar surface area (TPSA) is 40.5 Å². The molecular formula is C11H14ClNO2. The largest absolute Gasteiger partial charge is 0.480 e. The Balaban J connectivity index is 2.75. The highest BCUT2D eigenvalue weighted by atomic mass is 35.5. The summed E-state index contributed by atoms with van der Waals surface area (Å²) < 4.78 is 0. The summed E-state index contributed by atoms with van der Waals surface area (Å²) in [4.78, 5) is 12.3. The number of carboxylic acids is 1. The van der Waals surface area contributed by atoms with Crippen molar-refractivity contribution in [3.8, 4) is 0 Å². The maximum atomic E-state index is 10.5. The lowest BCUT2D eigenvalue weighted by Gasteiger charge is -2.23. The maximum absolute atomic E-state index is 10.5. The molecule has 0 unspecified atom stereocenters. The van der Waals surface area contributed by atoms with E-state index >= 15 is 0 Å². The van der Waals surface area contributed by atoms with Gasteiger partial charge in [0, 0.05) is 11.1 Å². The van der Waals surface area contributed by atoms with Crippen LogP contribution in [0.4, 0.5) is 0 Å². The van der Waals surface area contributed by atoms with Crippen LogP contribution in [-0.4, -0.2) is 29.6 Å². The molecule has 1 aromatic carbocycles. The third kappa shape index (κ3) is 3.53. The number of halogens is 1. The number of rotatable bonds is 4.